The van der Waals surface area contributed by atoms with Crippen LogP contribution in [0.2, 0.25) is 0 Å². The topological polar surface area (TPSA) is 67.9 Å². The molecule has 3 rings (SSSR count). The van der Waals surface area contributed by atoms with Gasteiger partial charge in [0.25, 0.3) is 0 Å². The summed E-state index contributed by atoms with van der Waals surface area (Å²) in [5.41, 5.74) is 0.988. The monoisotopic (exact) mass is 346 g/mol. The molecule has 2 atom stereocenters. The lowest BCUT2D eigenvalue weighted by Crippen LogP contribution is -2.50. The Bertz CT molecular complexity index is 640. The van der Waals surface area contributed by atoms with Gasteiger partial charge in [0.1, 0.15) is 24.1 Å². The van der Waals surface area contributed by atoms with Crippen LogP contribution in [0.4, 0.5) is 0 Å². The number of carbonyl (C=O) groups excluding carboxylic acids is 2. The number of nitrogens with one attached hydrogen (secondary N) is 1. The summed E-state index contributed by atoms with van der Waals surface area (Å²) in [4.78, 5) is 26.8. The van der Waals surface area contributed by atoms with E-state index in [1.165, 1.54) is 6.42 Å². The van der Waals surface area contributed by atoms with Gasteiger partial charge < -0.3 is 19.7 Å². The van der Waals surface area contributed by atoms with Crippen molar-refractivity contribution in [3.05, 3.63) is 23.8 Å². The Balaban J connectivity index is 1.57. The van der Waals surface area contributed by atoms with Gasteiger partial charge in [-0.2, -0.15) is 0 Å². The van der Waals surface area contributed by atoms with Gasteiger partial charge in [-0.1, -0.05) is 6.07 Å². The van der Waals surface area contributed by atoms with Crippen LogP contribution in [0, 0.1) is 5.92 Å². The fourth-order valence-corrected chi connectivity index (χ4v) is 3.43. The minimum Gasteiger partial charge on any atom is -0.497 e. The number of fused-ring (bicyclic) bond motifs is 1. The predicted octanol–water partition coefficient (Wildman–Crippen LogP) is 1.76. The molecule has 1 N–H and O–H groups in total. The number of benzene rings is 1. The van der Waals surface area contributed by atoms with E-state index in [4.69, 9.17) is 9.47 Å². The number of likely N-dealkylation sites (tertiary alicyclic amines) is 1. The number of ether oxygens (including phenoxy) is 2. The third kappa shape index (κ3) is 4.06. The number of rotatable bonds is 4. The molecule has 2 aliphatic rings. The predicted molar refractivity (Wildman–Crippen MR) is 93.7 cm³/mol. The van der Waals surface area contributed by atoms with Crippen LogP contribution in [-0.4, -0.2) is 49.6 Å². The molecule has 2 heterocycles. The maximum Gasteiger partial charge on any atom is 0.244 e. The molecule has 1 saturated heterocycles. The van der Waals surface area contributed by atoms with Gasteiger partial charge in [-0.25, -0.2) is 0 Å². The van der Waals surface area contributed by atoms with Crippen molar-refractivity contribution in [2.45, 2.75) is 38.6 Å². The molecule has 2 aliphatic heterocycles. The highest BCUT2D eigenvalue weighted by Gasteiger charge is 2.30. The van der Waals surface area contributed by atoms with Crippen LogP contribution in [0.1, 0.15) is 31.7 Å². The first-order valence-corrected chi connectivity index (χ1v) is 8.97. The molecular formula is C19H26N2O4. The van der Waals surface area contributed by atoms with E-state index >= 15 is 0 Å². The van der Waals surface area contributed by atoms with Gasteiger partial charge in [0.15, 0.2) is 0 Å². The Hall–Kier alpha value is -2.24. The lowest BCUT2D eigenvalue weighted by Gasteiger charge is -2.30. The fraction of sp³-hybridized carbons (Fsp3) is 0.579. The minimum atomic E-state index is -0.497. The Morgan fingerprint density at radius 1 is 1.28 bits per heavy atom. The number of methoxy groups -OCH3 is 1. The molecule has 6 nitrogen and oxygen atoms in total. The van der Waals surface area contributed by atoms with Crippen LogP contribution in [-0.2, 0) is 16.0 Å². The van der Waals surface area contributed by atoms with Gasteiger partial charge in [0, 0.05) is 19.2 Å². The lowest BCUT2D eigenvalue weighted by molar-refractivity contribution is -0.138. The van der Waals surface area contributed by atoms with Crippen LogP contribution >= 0.6 is 0 Å². The molecule has 0 bridgehead atoms. The van der Waals surface area contributed by atoms with Crippen molar-refractivity contribution >= 4 is 11.8 Å². The summed E-state index contributed by atoms with van der Waals surface area (Å²) < 4.78 is 10.9. The zero-order chi connectivity index (χ0) is 17.8. The van der Waals surface area contributed by atoms with Crippen molar-refractivity contribution in [1.82, 2.24) is 10.2 Å². The van der Waals surface area contributed by atoms with Crippen LogP contribution in [0.5, 0.6) is 11.5 Å². The van der Waals surface area contributed by atoms with Gasteiger partial charge in [-0.3, -0.25) is 9.59 Å². The highest BCUT2D eigenvalue weighted by atomic mass is 16.5. The quantitative estimate of drug-likeness (QED) is 0.902. The standard InChI is InChI=1S/C19H26N2O4/c1-13(19(23)21-8-4-3-5-9-21)20-18(22)15-10-14-6-7-16(24-2)11-17(14)25-12-15/h6-7,11,13,15H,3-5,8-10,12H2,1-2H3,(H,20,22). The van der Waals surface area contributed by atoms with Gasteiger partial charge >= 0.3 is 0 Å². The van der Waals surface area contributed by atoms with Gasteiger partial charge in [0.2, 0.25) is 11.8 Å². The van der Waals surface area contributed by atoms with E-state index in [1.807, 2.05) is 23.1 Å². The number of hydrogen-bond donors (Lipinski definition) is 1. The minimum absolute atomic E-state index is 0.00918. The summed E-state index contributed by atoms with van der Waals surface area (Å²) in [7, 11) is 1.61. The Labute approximate surface area is 148 Å². The summed E-state index contributed by atoms with van der Waals surface area (Å²) in [6.45, 7) is 3.66. The second-order valence-electron chi connectivity index (χ2n) is 6.80. The van der Waals surface area contributed by atoms with Crippen molar-refractivity contribution in [1.29, 1.82) is 0 Å². The summed E-state index contributed by atoms with van der Waals surface area (Å²) in [5, 5.41) is 2.87. The molecule has 1 aromatic rings. The largest absolute Gasteiger partial charge is 0.497 e. The van der Waals surface area contributed by atoms with Crippen LogP contribution in [0.3, 0.4) is 0 Å². The number of piperidine rings is 1. The van der Waals surface area contributed by atoms with E-state index in [1.54, 1.807) is 14.0 Å². The fourth-order valence-electron chi connectivity index (χ4n) is 3.43. The van der Waals surface area contributed by atoms with Gasteiger partial charge in [-0.15, -0.1) is 0 Å². The summed E-state index contributed by atoms with van der Waals surface area (Å²) in [6.07, 6.45) is 3.87. The van der Waals surface area contributed by atoms with Crippen LogP contribution in [0.25, 0.3) is 0 Å². The number of carbonyl (C=O) groups is 2. The number of nitrogens with zero attached hydrogens (tertiary/aromatic N) is 1. The second kappa shape index (κ2) is 7.76. The Morgan fingerprint density at radius 3 is 2.76 bits per heavy atom. The molecule has 6 heteroatoms. The molecule has 25 heavy (non-hydrogen) atoms. The maximum atomic E-state index is 12.5. The Kier molecular flexibility index (Phi) is 5.46. The molecule has 136 valence electrons. The van der Waals surface area contributed by atoms with E-state index in [2.05, 4.69) is 5.32 Å². The molecule has 0 spiro atoms. The first-order chi connectivity index (χ1) is 12.1. The highest BCUT2D eigenvalue weighted by molar-refractivity contribution is 5.88. The molecule has 2 amide bonds. The zero-order valence-electron chi connectivity index (χ0n) is 14.9. The first-order valence-electron chi connectivity index (χ1n) is 8.97. The van der Waals surface area contributed by atoms with E-state index in [9.17, 15) is 9.59 Å². The van der Waals surface area contributed by atoms with E-state index in [-0.39, 0.29) is 17.7 Å². The van der Waals surface area contributed by atoms with Crippen molar-refractivity contribution < 1.29 is 19.1 Å². The number of amides is 2. The number of hydrogen-bond acceptors (Lipinski definition) is 4. The smallest absolute Gasteiger partial charge is 0.244 e. The van der Waals surface area contributed by atoms with Crippen LogP contribution in [0.15, 0.2) is 18.2 Å². The van der Waals surface area contributed by atoms with Gasteiger partial charge in [-0.05, 0) is 44.2 Å². The molecular weight excluding hydrogens is 320 g/mol. The van der Waals surface area contributed by atoms with E-state index in [0.29, 0.717) is 13.0 Å². The lowest BCUT2D eigenvalue weighted by atomic mass is 9.95. The molecule has 1 aromatic carbocycles. The summed E-state index contributed by atoms with van der Waals surface area (Å²) >= 11 is 0. The average Bonchev–Trinajstić information content (AvgIpc) is 2.67. The molecule has 1 fully saturated rings. The van der Waals surface area contributed by atoms with Gasteiger partial charge in [0.05, 0.1) is 13.0 Å². The SMILES string of the molecule is COc1ccc2c(c1)OCC(C(=O)NC(C)C(=O)N1CCCCC1)C2. The van der Waals surface area contributed by atoms with Crippen molar-refractivity contribution in [3.8, 4) is 11.5 Å². The third-order valence-electron chi connectivity index (χ3n) is 4.95. The molecule has 2 unspecified atom stereocenters. The zero-order valence-corrected chi connectivity index (χ0v) is 14.9. The molecule has 0 saturated carbocycles. The van der Waals surface area contributed by atoms with Crippen molar-refractivity contribution in [2.24, 2.45) is 5.92 Å². The van der Waals surface area contributed by atoms with Crippen molar-refractivity contribution in [3.63, 3.8) is 0 Å². The first kappa shape index (κ1) is 17.6. The molecule has 0 aliphatic carbocycles. The van der Waals surface area contributed by atoms with Crippen LogP contribution < -0.4 is 14.8 Å². The third-order valence-corrected chi connectivity index (χ3v) is 4.95. The Morgan fingerprint density at radius 2 is 2.04 bits per heavy atom. The van der Waals surface area contributed by atoms with E-state index in [0.717, 1.165) is 43.0 Å². The molecule has 0 aromatic heterocycles. The highest BCUT2D eigenvalue weighted by Crippen LogP contribution is 2.31. The average molecular weight is 346 g/mol. The normalized spacial score (nSPS) is 20.9. The second-order valence-corrected chi connectivity index (χ2v) is 6.80. The van der Waals surface area contributed by atoms with E-state index < -0.39 is 6.04 Å². The maximum absolute atomic E-state index is 12.5. The summed E-state index contributed by atoms with van der Waals surface area (Å²) in [6, 6.07) is 5.13. The summed E-state index contributed by atoms with van der Waals surface area (Å²) in [5.74, 6) is 1.11. The van der Waals surface area contributed by atoms with Crippen molar-refractivity contribution in [2.75, 3.05) is 26.8 Å². The molecule has 0 radical (unpaired) electrons.